The highest BCUT2D eigenvalue weighted by atomic mass is 19.1. The van der Waals surface area contributed by atoms with Crippen molar-refractivity contribution >= 4 is 29.2 Å². The first-order valence-electron chi connectivity index (χ1n) is 11.2. The van der Waals surface area contributed by atoms with Gasteiger partial charge in [-0.2, -0.15) is 0 Å². The van der Waals surface area contributed by atoms with Crippen LogP contribution in [0.1, 0.15) is 34.3 Å². The summed E-state index contributed by atoms with van der Waals surface area (Å²) in [7, 11) is 1.51. The number of carboxylic acid groups (broad SMARTS) is 1. The van der Waals surface area contributed by atoms with Gasteiger partial charge in [-0.1, -0.05) is 24.3 Å². The molecule has 1 aliphatic rings. The Hall–Kier alpha value is -4.20. The van der Waals surface area contributed by atoms with Gasteiger partial charge in [0.1, 0.15) is 11.6 Å². The molecule has 0 radical (unpaired) electrons. The summed E-state index contributed by atoms with van der Waals surface area (Å²) in [5.74, 6) is -1.73. The molecule has 4 rings (SSSR count). The van der Waals surface area contributed by atoms with Gasteiger partial charge < -0.3 is 20.5 Å². The quantitative estimate of drug-likeness (QED) is 0.425. The average molecular weight is 477 g/mol. The number of ether oxygens (including phenoxy) is 1. The fraction of sp³-hybridized carbons (Fsp3) is 0.222. The fourth-order valence-electron chi connectivity index (χ4n) is 4.33. The number of ketones is 1. The van der Waals surface area contributed by atoms with Gasteiger partial charge in [0.15, 0.2) is 5.78 Å². The van der Waals surface area contributed by atoms with Crippen LogP contribution < -0.4 is 15.4 Å². The second kappa shape index (κ2) is 9.97. The van der Waals surface area contributed by atoms with E-state index in [1.165, 1.54) is 13.2 Å². The predicted octanol–water partition coefficient (Wildman–Crippen LogP) is 5.67. The topological polar surface area (TPSA) is 105 Å². The van der Waals surface area contributed by atoms with Crippen LogP contribution in [-0.2, 0) is 11.2 Å². The summed E-state index contributed by atoms with van der Waals surface area (Å²) >= 11 is 0. The van der Waals surface area contributed by atoms with Gasteiger partial charge in [0, 0.05) is 22.7 Å². The van der Waals surface area contributed by atoms with Crippen LogP contribution in [-0.4, -0.2) is 30.0 Å². The van der Waals surface area contributed by atoms with Crippen molar-refractivity contribution in [2.75, 3.05) is 17.7 Å². The molecule has 0 aromatic heterocycles. The highest BCUT2D eigenvalue weighted by molar-refractivity contribution is 6.02. The molecule has 0 fully saturated rings. The number of urea groups is 1. The number of aryl methyl sites for hydroxylation is 2. The molecule has 0 saturated carbocycles. The van der Waals surface area contributed by atoms with Crippen molar-refractivity contribution in [2.45, 2.75) is 26.2 Å². The van der Waals surface area contributed by atoms with Gasteiger partial charge in [0.25, 0.3) is 0 Å². The number of hydrogen-bond acceptors (Lipinski definition) is 4. The molecule has 0 aliphatic heterocycles. The number of anilines is 2. The second-order valence-electron chi connectivity index (χ2n) is 8.55. The van der Waals surface area contributed by atoms with E-state index in [0.29, 0.717) is 41.0 Å². The molecular weight excluding hydrogens is 451 g/mol. The number of carbonyl (C=O) groups excluding carboxylic acids is 2. The Labute approximate surface area is 201 Å². The lowest BCUT2D eigenvalue weighted by Crippen LogP contribution is -2.24. The van der Waals surface area contributed by atoms with Gasteiger partial charge >= 0.3 is 12.0 Å². The molecule has 2 amide bonds. The molecule has 1 unspecified atom stereocenters. The zero-order valence-electron chi connectivity index (χ0n) is 19.4. The van der Waals surface area contributed by atoms with E-state index in [2.05, 4.69) is 10.6 Å². The maximum absolute atomic E-state index is 15.0. The van der Waals surface area contributed by atoms with E-state index in [4.69, 9.17) is 9.84 Å². The molecule has 0 bridgehead atoms. The number of carboxylic acids is 1. The Morgan fingerprint density at radius 2 is 1.83 bits per heavy atom. The molecule has 3 aromatic carbocycles. The molecule has 0 spiro atoms. The summed E-state index contributed by atoms with van der Waals surface area (Å²) in [5.41, 5.74) is 3.93. The number of fused-ring (bicyclic) bond motifs is 1. The summed E-state index contributed by atoms with van der Waals surface area (Å²) in [6, 6.07) is 14.3. The molecular formula is C27H25FN2O5. The first-order valence-corrected chi connectivity index (χ1v) is 11.2. The van der Waals surface area contributed by atoms with Crippen molar-refractivity contribution in [3.63, 3.8) is 0 Å². The number of methoxy groups -OCH3 is 1. The highest BCUT2D eigenvalue weighted by Crippen LogP contribution is 2.33. The minimum Gasteiger partial charge on any atom is -0.495 e. The van der Waals surface area contributed by atoms with E-state index in [1.807, 2.05) is 13.0 Å². The van der Waals surface area contributed by atoms with Gasteiger partial charge in [0.05, 0.1) is 19.2 Å². The van der Waals surface area contributed by atoms with Crippen LogP contribution in [0.4, 0.5) is 20.6 Å². The van der Waals surface area contributed by atoms with Crippen molar-refractivity contribution in [2.24, 2.45) is 5.92 Å². The van der Waals surface area contributed by atoms with Crippen LogP contribution in [0.2, 0.25) is 0 Å². The minimum atomic E-state index is -0.995. The first-order chi connectivity index (χ1) is 16.7. The zero-order valence-corrected chi connectivity index (χ0v) is 19.4. The number of amides is 2. The summed E-state index contributed by atoms with van der Waals surface area (Å²) in [4.78, 5) is 36.1. The molecule has 3 N–H and O–H groups in total. The first kappa shape index (κ1) is 23.9. The van der Waals surface area contributed by atoms with E-state index >= 15 is 0 Å². The number of benzene rings is 3. The maximum atomic E-state index is 15.0. The van der Waals surface area contributed by atoms with E-state index < -0.39 is 23.7 Å². The number of Topliss-reactive ketones (excluding diaryl/α,β-unsaturated/α-hetero) is 1. The fourth-order valence-corrected chi connectivity index (χ4v) is 4.33. The van der Waals surface area contributed by atoms with Gasteiger partial charge in [-0.3, -0.25) is 9.59 Å². The molecule has 8 heteroatoms. The number of hydrogen-bond donors (Lipinski definition) is 3. The molecule has 7 nitrogen and oxygen atoms in total. The van der Waals surface area contributed by atoms with E-state index in [0.717, 1.165) is 11.1 Å². The van der Waals surface area contributed by atoms with Crippen LogP contribution in [0.15, 0.2) is 54.6 Å². The van der Waals surface area contributed by atoms with Crippen LogP contribution in [0.5, 0.6) is 5.75 Å². The number of halogens is 1. The predicted molar refractivity (Wildman–Crippen MR) is 131 cm³/mol. The van der Waals surface area contributed by atoms with Crippen LogP contribution in [0.3, 0.4) is 0 Å². The Morgan fingerprint density at radius 1 is 1.06 bits per heavy atom. The monoisotopic (exact) mass is 476 g/mol. The van der Waals surface area contributed by atoms with Crippen molar-refractivity contribution in [1.82, 2.24) is 0 Å². The van der Waals surface area contributed by atoms with Gasteiger partial charge in [-0.05, 0) is 66.8 Å². The lowest BCUT2D eigenvalue weighted by molar-refractivity contribution is -0.137. The van der Waals surface area contributed by atoms with E-state index in [9.17, 15) is 18.8 Å². The normalized spacial score (nSPS) is 14.7. The summed E-state index contributed by atoms with van der Waals surface area (Å²) in [6.07, 6.45) is 0.817. The average Bonchev–Trinajstić information content (AvgIpc) is 2.81. The molecule has 0 heterocycles. The van der Waals surface area contributed by atoms with Gasteiger partial charge in [-0.15, -0.1) is 0 Å². The van der Waals surface area contributed by atoms with Crippen LogP contribution >= 0.6 is 0 Å². The van der Waals surface area contributed by atoms with Gasteiger partial charge in [0.2, 0.25) is 0 Å². The summed E-state index contributed by atoms with van der Waals surface area (Å²) < 4.78 is 20.2. The molecule has 0 saturated heterocycles. The van der Waals surface area contributed by atoms with Crippen LogP contribution in [0, 0.1) is 18.7 Å². The van der Waals surface area contributed by atoms with Gasteiger partial charge in [-0.25, -0.2) is 9.18 Å². The van der Waals surface area contributed by atoms with Crippen LogP contribution in [0.25, 0.3) is 11.1 Å². The minimum absolute atomic E-state index is 0.184. The SMILES string of the molecule is COc1ccc(C)cc1NC(=O)Nc1ccc(-c2ccc3c(c2)CCC(CC(=O)O)C3=O)c(F)c1. The number of carbonyl (C=O) groups is 3. The summed E-state index contributed by atoms with van der Waals surface area (Å²) in [5, 5.41) is 14.3. The third-order valence-electron chi connectivity index (χ3n) is 6.07. The van der Waals surface area contributed by atoms with E-state index in [1.54, 1.807) is 42.5 Å². The Balaban J connectivity index is 1.49. The molecule has 1 atom stereocenters. The van der Waals surface area contributed by atoms with Crippen molar-refractivity contribution in [3.8, 4) is 16.9 Å². The third-order valence-corrected chi connectivity index (χ3v) is 6.07. The maximum Gasteiger partial charge on any atom is 0.323 e. The number of rotatable bonds is 6. The molecule has 180 valence electrons. The lowest BCUT2D eigenvalue weighted by Gasteiger charge is -2.22. The van der Waals surface area contributed by atoms with Crippen molar-refractivity contribution in [1.29, 1.82) is 0 Å². The standard InChI is InChI=1S/C27H25FN2O5/c1-15-3-10-24(35-2)23(11-15)30-27(34)29-19-7-9-20(22(28)14-19)16-6-8-21-17(12-16)4-5-18(26(21)33)13-25(31)32/h3,6-12,14,18H,4-5,13H2,1-2H3,(H,31,32)(H2,29,30,34). The van der Waals surface area contributed by atoms with E-state index in [-0.39, 0.29) is 17.9 Å². The third kappa shape index (κ3) is 5.32. The summed E-state index contributed by atoms with van der Waals surface area (Å²) in [6.45, 7) is 1.89. The number of aliphatic carboxylic acids is 1. The second-order valence-corrected chi connectivity index (χ2v) is 8.55. The Bertz CT molecular complexity index is 1320. The molecule has 3 aromatic rings. The highest BCUT2D eigenvalue weighted by Gasteiger charge is 2.29. The zero-order chi connectivity index (χ0) is 25.1. The molecule has 1 aliphatic carbocycles. The number of nitrogens with one attached hydrogen (secondary N) is 2. The Kier molecular flexibility index (Phi) is 6.82. The Morgan fingerprint density at radius 3 is 2.54 bits per heavy atom. The lowest BCUT2D eigenvalue weighted by atomic mass is 9.80. The van der Waals surface area contributed by atoms with Crippen molar-refractivity contribution < 1.29 is 28.6 Å². The van der Waals surface area contributed by atoms with Crippen molar-refractivity contribution in [3.05, 3.63) is 77.1 Å². The smallest absolute Gasteiger partial charge is 0.323 e. The molecule has 35 heavy (non-hydrogen) atoms. The largest absolute Gasteiger partial charge is 0.495 e.